The van der Waals surface area contributed by atoms with Crippen molar-refractivity contribution in [3.63, 3.8) is 0 Å². The largest absolute Gasteiger partial charge is 0.508 e. The Kier molecular flexibility index (Phi) is 2.82. The van der Waals surface area contributed by atoms with Gasteiger partial charge in [-0.25, -0.2) is 0 Å². The van der Waals surface area contributed by atoms with Crippen LogP contribution in [0.3, 0.4) is 0 Å². The minimum absolute atomic E-state index is 0.108. The number of aryl methyl sites for hydroxylation is 1. The molecular formula is C10H9N3O2S. The molecule has 1 aromatic carbocycles. The van der Waals surface area contributed by atoms with Gasteiger partial charge in [0, 0.05) is 11.8 Å². The average Bonchev–Trinajstić information content (AvgIpc) is 2.64. The number of rotatable bonds is 2. The molecule has 0 radical (unpaired) electrons. The lowest BCUT2D eigenvalue weighted by molar-refractivity contribution is 0.103. The quantitative estimate of drug-likeness (QED) is 0.832. The van der Waals surface area contributed by atoms with E-state index >= 15 is 0 Å². The van der Waals surface area contributed by atoms with Gasteiger partial charge in [0.25, 0.3) is 5.91 Å². The predicted molar refractivity (Wildman–Crippen MR) is 60.7 cm³/mol. The second-order valence-corrected chi connectivity index (χ2v) is 3.95. The fourth-order valence-corrected chi connectivity index (χ4v) is 1.76. The number of phenolic OH excluding ortho intramolecular Hbond substituents is 1. The Morgan fingerprint density at radius 1 is 1.50 bits per heavy atom. The number of hydrogen-bond acceptors (Lipinski definition) is 5. The Balaban J connectivity index is 2.17. The molecule has 0 aliphatic heterocycles. The highest BCUT2D eigenvalue weighted by Gasteiger charge is 2.13. The smallest absolute Gasteiger partial charge is 0.269 e. The highest BCUT2D eigenvalue weighted by Crippen LogP contribution is 2.17. The zero-order chi connectivity index (χ0) is 11.5. The van der Waals surface area contributed by atoms with Crippen LogP contribution in [0.5, 0.6) is 5.75 Å². The van der Waals surface area contributed by atoms with E-state index in [1.54, 1.807) is 19.1 Å². The van der Waals surface area contributed by atoms with Crippen molar-refractivity contribution in [3.8, 4) is 5.75 Å². The summed E-state index contributed by atoms with van der Waals surface area (Å²) < 4.78 is 3.68. The maximum absolute atomic E-state index is 11.7. The zero-order valence-electron chi connectivity index (χ0n) is 8.47. The van der Waals surface area contributed by atoms with Crippen LogP contribution in [-0.2, 0) is 0 Å². The van der Waals surface area contributed by atoms with Crippen molar-refractivity contribution >= 4 is 23.1 Å². The molecule has 0 unspecified atom stereocenters. The molecule has 0 saturated heterocycles. The second-order valence-electron chi connectivity index (χ2n) is 3.19. The number of carbonyl (C=O) groups excluding carboxylic acids is 1. The Morgan fingerprint density at radius 3 is 2.94 bits per heavy atom. The molecule has 2 aromatic rings. The molecule has 16 heavy (non-hydrogen) atoms. The predicted octanol–water partition coefficient (Wildman–Crippen LogP) is 1.80. The molecule has 0 aliphatic carbocycles. The number of hydrogen-bond donors (Lipinski definition) is 2. The van der Waals surface area contributed by atoms with E-state index in [2.05, 4.69) is 14.9 Å². The maximum atomic E-state index is 11.7. The minimum atomic E-state index is -0.266. The number of aromatic nitrogens is 2. The summed E-state index contributed by atoms with van der Waals surface area (Å²) >= 11 is 1.05. The first-order valence-corrected chi connectivity index (χ1v) is 5.33. The molecule has 1 heterocycles. The van der Waals surface area contributed by atoms with E-state index in [1.807, 2.05) is 0 Å². The van der Waals surface area contributed by atoms with Crippen molar-refractivity contribution in [2.24, 2.45) is 0 Å². The van der Waals surface area contributed by atoms with E-state index in [0.717, 1.165) is 11.5 Å². The fourth-order valence-electron chi connectivity index (χ4n) is 1.21. The lowest BCUT2D eigenvalue weighted by Crippen LogP contribution is -2.11. The highest BCUT2D eigenvalue weighted by molar-refractivity contribution is 7.08. The van der Waals surface area contributed by atoms with Crippen LogP contribution in [0.15, 0.2) is 24.3 Å². The Morgan fingerprint density at radius 2 is 2.31 bits per heavy atom. The number of benzene rings is 1. The summed E-state index contributed by atoms with van der Waals surface area (Å²) in [6, 6.07) is 6.36. The summed E-state index contributed by atoms with van der Waals surface area (Å²) in [5.74, 6) is -0.157. The Bertz CT molecular complexity index is 524. The summed E-state index contributed by atoms with van der Waals surface area (Å²) in [7, 11) is 0. The molecule has 5 nitrogen and oxygen atoms in total. The molecule has 6 heteroatoms. The maximum Gasteiger partial charge on any atom is 0.269 e. The van der Waals surface area contributed by atoms with Crippen molar-refractivity contribution in [3.05, 3.63) is 34.8 Å². The summed E-state index contributed by atoms with van der Waals surface area (Å²) in [5.41, 5.74) is 1.14. The molecule has 1 amide bonds. The lowest BCUT2D eigenvalue weighted by Gasteiger charge is -2.03. The highest BCUT2D eigenvalue weighted by atomic mass is 32.1. The average molecular weight is 235 g/mol. The third-order valence-electron chi connectivity index (χ3n) is 1.96. The second kappa shape index (κ2) is 4.28. The van der Waals surface area contributed by atoms with Gasteiger partial charge < -0.3 is 10.4 Å². The van der Waals surface area contributed by atoms with Gasteiger partial charge in [0.15, 0.2) is 0 Å². The Hall–Kier alpha value is -1.95. The van der Waals surface area contributed by atoms with Gasteiger partial charge in [-0.15, -0.1) is 5.10 Å². The monoisotopic (exact) mass is 235 g/mol. The van der Waals surface area contributed by atoms with Crippen molar-refractivity contribution in [1.29, 1.82) is 0 Å². The van der Waals surface area contributed by atoms with Crippen LogP contribution in [0.4, 0.5) is 5.69 Å². The lowest BCUT2D eigenvalue weighted by atomic mass is 10.3. The Labute approximate surface area is 95.9 Å². The van der Waals surface area contributed by atoms with Crippen LogP contribution >= 0.6 is 11.5 Å². The van der Waals surface area contributed by atoms with E-state index in [1.165, 1.54) is 12.1 Å². The van der Waals surface area contributed by atoms with Crippen LogP contribution in [0.1, 0.15) is 15.4 Å². The molecule has 0 atom stereocenters. The first-order chi connectivity index (χ1) is 7.66. The van der Waals surface area contributed by atoms with Gasteiger partial charge >= 0.3 is 0 Å². The molecule has 0 fully saturated rings. The van der Waals surface area contributed by atoms with E-state index in [-0.39, 0.29) is 11.7 Å². The third kappa shape index (κ3) is 2.17. The van der Waals surface area contributed by atoms with E-state index in [4.69, 9.17) is 0 Å². The topological polar surface area (TPSA) is 75.1 Å². The fraction of sp³-hybridized carbons (Fsp3) is 0.100. The van der Waals surface area contributed by atoms with E-state index in [0.29, 0.717) is 16.3 Å². The normalized spacial score (nSPS) is 10.1. The van der Waals surface area contributed by atoms with Gasteiger partial charge in [-0.3, -0.25) is 4.79 Å². The molecule has 2 rings (SSSR count). The summed E-state index contributed by atoms with van der Waals surface area (Å²) in [6.45, 7) is 1.72. The zero-order valence-corrected chi connectivity index (χ0v) is 9.28. The van der Waals surface area contributed by atoms with E-state index < -0.39 is 0 Å². The first kappa shape index (κ1) is 10.6. The molecule has 0 aliphatic rings. The number of anilines is 1. The van der Waals surface area contributed by atoms with Gasteiger partial charge in [0.2, 0.25) is 0 Å². The SMILES string of the molecule is Cc1nnsc1C(=O)Nc1cccc(O)c1. The minimum Gasteiger partial charge on any atom is -0.508 e. The van der Waals surface area contributed by atoms with Crippen LogP contribution in [0.2, 0.25) is 0 Å². The number of amides is 1. The molecule has 0 bridgehead atoms. The van der Waals surface area contributed by atoms with Crippen molar-refractivity contribution in [1.82, 2.24) is 9.59 Å². The van der Waals surface area contributed by atoms with Crippen molar-refractivity contribution in [2.75, 3.05) is 5.32 Å². The molecule has 2 N–H and O–H groups in total. The van der Waals surface area contributed by atoms with Crippen LogP contribution in [0, 0.1) is 6.92 Å². The number of phenols is 1. The number of nitrogens with zero attached hydrogens (tertiary/aromatic N) is 2. The summed E-state index contributed by atoms with van der Waals surface area (Å²) in [5, 5.41) is 15.7. The summed E-state index contributed by atoms with van der Waals surface area (Å²) in [4.78, 5) is 12.2. The molecule has 82 valence electrons. The molecular weight excluding hydrogens is 226 g/mol. The first-order valence-electron chi connectivity index (χ1n) is 4.56. The number of nitrogens with one attached hydrogen (secondary N) is 1. The van der Waals surface area contributed by atoms with Crippen LogP contribution < -0.4 is 5.32 Å². The van der Waals surface area contributed by atoms with Crippen molar-refractivity contribution < 1.29 is 9.90 Å². The summed E-state index contributed by atoms with van der Waals surface area (Å²) in [6.07, 6.45) is 0. The van der Waals surface area contributed by atoms with Gasteiger partial charge in [-0.2, -0.15) is 0 Å². The van der Waals surface area contributed by atoms with E-state index in [9.17, 15) is 9.90 Å². The number of aromatic hydroxyl groups is 1. The molecule has 0 saturated carbocycles. The molecule has 1 aromatic heterocycles. The van der Waals surface area contributed by atoms with Crippen molar-refractivity contribution in [2.45, 2.75) is 6.92 Å². The van der Waals surface area contributed by atoms with Gasteiger partial charge in [-0.1, -0.05) is 10.6 Å². The van der Waals surface area contributed by atoms with Gasteiger partial charge in [0.05, 0.1) is 5.69 Å². The standard InChI is InChI=1S/C10H9N3O2S/c1-6-9(16-13-12-6)10(15)11-7-3-2-4-8(14)5-7/h2-5,14H,1H3,(H,11,15). The van der Waals surface area contributed by atoms with Gasteiger partial charge in [0.1, 0.15) is 10.6 Å². The number of carbonyl (C=O) groups is 1. The molecule has 0 spiro atoms. The van der Waals surface area contributed by atoms with Gasteiger partial charge in [-0.05, 0) is 30.6 Å². The third-order valence-corrected chi connectivity index (χ3v) is 2.79. The van der Waals surface area contributed by atoms with Crippen LogP contribution in [-0.4, -0.2) is 20.6 Å². The van der Waals surface area contributed by atoms with Crippen LogP contribution in [0.25, 0.3) is 0 Å².